The molecule has 2 N–H and O–H groups in total. The van der Waals surface area contributed by atoms with Crippen LogP contribution in [0.5, 0.6) is 0 Å². The zero-order valence-corrected chi connectivity index (χ0v) is 16.8. The van der Waals surface area contributed by atoms with Gasteiger partial charge in [-0.05, 0) is 67.9 Å². The molecule has 0 saturated heterocycles. The van der Waals surface area contributed by atoms with Crippen molar-refractivity contribution in [2.75, 3.05) is 6.61 Å². The van der Waals surface area contributed by atoms with Crippen LogP contribution in [-0.2, 0) is 19.1 Å². The van der Waals surface area contributed by atoms with Gasteiger partial charge in [0.05, 0.1) is 0 Å². The summed E-state index contributed by atoms with van der Waals surface area (Å²) in [7, 11) is 0. The van der Waals surface area contributed by atoms with Crippen LogP contribution in [0.15, 0.2) is 36.0 Å². The predicted octanol–water partition coefficient (Wildman–Crippen LogP) is 2.79. The molecule has 2 amide bonds. The third-order valence-electron chi connectivity index (χ3n) is 6.42. The maximum atomic E-state index is 12.5. The molecule has 5 rings (SSSR count). The fourth-order valence-electron chi connectivity index (χ4n) is 5.86. The van der Waals surface area contributed by atoms with Crippen LogP contribution in [0.1, 0.15) is 51.0 Å². The van der Waals surface area contributed by atoms with E-state index in [1.165, 1.54) is 26.2 Å². The second kappa shape index (κ2) is 8.01. The standard InChI is InChI=1S/C23H28N2O4/c1-15(26)24-20(10-16-5-3-2-4-6-16)22(28)29-14-21(27)25-23-11-17-7-18(12-23)9-19(8-17)13-23/h2-6,10,17-19H,7-9,11-14H2,1H3,(H,24,26)(H,25,27). The molecule has 0 aromatic heterocycles. The minimum absolute atomic E-state index is 0.0197. The molecule has 4 aliphatic carbocycles. The molecule has 4 aliphatic rings. The van der Waals surface area contributed by atoms with Gasteiger partial charge < -0.3 is 15.4 Å². The molecule has 4 fully saturated rings. The van der Waals surface area contributed by atoms with Crippen molar-refractivity contribution in [1.82, 2.24) is 10.6 Å². The first-order valence-electron chi connectivity index (χ1n) is 10.4. The molecule has 29 heavy (non-hydrogen) atoms. The number of ether oxygens (including phenoxy) is 1. The van der Waals surface area contributed by atoms with Gasteiger partial charge in [0, 0.05) is 12.5 Å². The normalized spacial score (nSPS) is 30.0. The molecule has 4 bridgehead atoms. The highest BCUT2D eigenvalue weighted by atomic mass is 16.5. The second-order valence-electron chi connectivity index (χ2n) is 8.97. The first-order valence-corrected chi connectivity index (χ1v) is 10.4. The second-order valence-corrected chi connectivity index (χ2v) is 8.97. The molecular weight excluding hydrogens is 368 g/mol. The fourth-order valence-corrected chi connectivity index (χ4v) is 5.86. The summed E-state index contributed by atoms with van der Waals surface area (Å²) in [5.41, 5.74) is 0.663. The molecule has 0 spiro atoms. The van der Waals surface area contributed by atoms with Gasteiger partial charge >= 0.3 is 5.97 Å². The van der Waals surface area contributed by atoms with Gasteiger partial charge in [-0.15, -0.1) is 0 Å². The lowest BCUT2D eigenvalue weighted by Crippen LogP contribution is -2.60. The molecule has 0 unspecified atom stereocenters. The Morgan fingerprint density at radius 1 is 1.03 bits per heavy atom. The summed E-state index contributed by atoms with van der Waals surface area (Å²) in [4.78, 5) is 36.5. The van der Waals surface area contributed by atoms with Crippen molar-refractivity contribution >= 4 is 23.9 Å². The number of hydrogen-bond acceptors (Lipinski definition) is 4. The number of esters is 1. The Kier molecular flexibility index (Phi) is 5.43. The SMILES string of the molecule is CC(=O)NC(=Cc1ccccc1)C(=O)OCC(=O)NC12CC3CC(CC(C3)C1)C2. The van der Waals surface area contributed by atoms with Gasteiger partial charge in [0.25, 0.3) is 5.91 Å². The van der Waals surface area contributed by atoms with Crippen LogP contribution in [0.3, 0.4) is 0 Å². The van der Waals surface area contributed by atoms with E-state index in [0.29, 0.717) is 0 Å². The van der Waals surface area contributed by atoms with Gasteiger partial charge in [-0.25, -0.2) is 4.79 Å². The largest absolute Gasteiger partial charge is 0.451 e. The highest BCUT2D eigenvalue weighted by Gasteiger charge is 2.51. The molecule has 154 valence electrons. The Hall–Kier alpha value is -2.63. The van der Waals surface area contributed by atoms with E-state index in [9.17, 15) is 14.4 Å². The van der Waals surface area contributed by atoms with Crippen LogP contribution >= 0.6 is 0 Å². The number of amides is 2. The summed E-state index contributed by atoms with van der Waals surface area (Å²) in [6.07, 6.45) is 8.58. The van der Waals surface area contributed by atoms with Gasteiger partial charge in [-0.1, -0.05) is 30.3 Å². The molecule has 0 aliphatic heterocycles. The maximum Gasteiger partial charge on any atom is 0.355 e. The Balaban J connectivity index is 1.36. The smallest absolute Gasteiger partial charge is 0.355 e. The number of rotatable bonds is 6. The van der Waals surface area contributed by atoms with Gasteiger partial charge in [0.15, 0.2) is 6.61 Å². The number of benzene rings is 1. The van der Waals surface area contributed by atoms with Gasteiger partial charge in [-0.2, -0.15) is 0 Å². The Labute approximate surface area is 171 Å². The summed E-state index contributed by atoms with van der Waals surface area (Å²) < 4.78 is 5.22. The van der Waals surface area contributed by atoms with Crippen LogP contribution in [0, 0.1) is 17.8 Å². The fraction of sp³-hybridized carbons (Fsp3) is 0.522. The van der Waals surface area contributed by atoms with Crippen molar-refractivity contribution in [2.45, 2.75) is 51.0 Å². The van der Waals surface area contributed by atoms with E-state index < -0.39 is 5.97 Å². The Morgan fingerprint density at radius 3 is 2.17 bits per heavy atom. The first kappa shape index (κ1) is 19.7. The van der Waals surface area contributed by atoms with Crippen molar-refractivity contribution < 1.29 is 19.1 Å². The predicted molar refractivity (Wildman–Crippen MR) is 108 cm³/mol. The van der Waals surface area contributed by atoms with E-state index in [1.807, 2.05) is 30.3 Å². The van der Waals surface area contributed by atoms with Crippen LogP contribution in [0.2, 0.25) is 0 Å². The quantitative estimate of drug-likeness (QED) is 0.572. The van der Waals surface area contributed by atoms with Gasteiger partial charge in [-0.3, -0.25) is 9.59 Å². The molecular formula is C23H28N2O4. The van der Waals surface area contributed by atoms with E-state index >= 15 is 0 Å². The lowest BCUT2D eigenvalue weighted by Gasteiger charge is -2.56. The number of nitrogens with one attached hydrogen (secondary N) is 2. The van der Waals surface area contributed by atoms with Gasteiger partial charge in [0.2, 0.25) is 5.91 Å². The van der Waals surface area contributed by atoms with Crippen LogP contribution in [0.4, 0.5) is 0 Å². The van der Waals surface area contributed by atoms with Crippen molar-refractivity contribution in [2.24, 2.45) is 17.8 Å². The summed E-state index contributed by atoms with van der Waals surface area (Å²) >= 11 is 0. The third-order valence-corrected chi connectivity index (χ3v) is 6.42. The average molecular weight is 396 g/mol. The monoisotopic (exact) mass is 396 g/mol. The van der Waals surface area contributed by atoms with Crippen molar-refractivity contribution in [3.63, 3.8) is 0 Å². The summed E-state index contributed by atoms with van der Waals surface area (Å²) in [6, 6.07) is 9.16. The number of carbonyl (C=O) groups excluding carboxylic acids is 3. The molecule has 4 saturated carbocycles. The lowest BCUT2D eigenvalue weighted by molar-refractivity contribution is -0.147. The molecule has 0 atom stereocenters. The topological polar surface area (TPSA) is 84.5 Å². The van der Waals surface area contributed by atoms with Crippen LogP contribution in [-0.4, -0.2) is 29.9 Å². The van der Waals surface area contributed by atoms with Crippen molar-refractivity contribution in [3.05, 3.63) is 41.6 Å². The molecule has 0 heterocycles. The Bertz CT molecular complexity index is 795. The van der Waals surface area contributed by atoms with E-state index in [0.717, 1.165) is 42.6 Å². The van der Waals surface area contributed by atoms with Gasteiger partial charge in [0.1, 0.15) is 5.70 Å². The van der Waals surface area contributed by atoms with E-state index in [1.54, 1.807) is 6.08 Å². The zero-order chi connectivity index (χ0) is 20.4. The van der Waals surface area contributed by atoms with Crippen molar-refractivity contribution in [1.29, 1.82) is 0 Å². The van der Waals surface area contributed by atoms with E-state index in [4.69, 9.17) is 4.74 Å². The minimum Gasteiger partial charge on any atom is -0.451 e. The molecule has 1 aromatic rings. The highest BCUT2D eigenvalue weighted by Crippen LogP contribution is 2.55. The van der Waals surface area contributed by atoms with Crippen LogP contribution < -0.4 is 10.6 Å². The summed E-state index contributed by atoms with van der Waals surface area (Å²) in [6.45, 7) is 0.984. The maximum absolute atomic E-state index is 12.5. The van der Waals surface area contributed by atoms with Crippen molar-refractivity contribution in [3.8, 4) is 0 Å². The summed E-state index contributed by atoms with van der Waals surface area (Å²) in [5.74, 6) is 0.826. The zero-order valence-electron chi connectivity index (χ0n) is 16.8. The lowest BCUT2D eigenvalue weighted by atomic mass is 9.53. The van der Waals surface area contributed by atoms with E-state index in [2.05, 4.69) is 10.6 Å². The van der Waals surface area contributed by atoms with Crippen LogP contribution in [0.25, 0.3) is 6.08 Å². The highest BCUT2D eigenvalue weighted by molar-refractivity contribution is 5.98. The first-order chi connectivity index (χ1) is 13.9. The number of hydrogen-bond donors (Lipinski definition) is 2. The molecule has 0 radical (unpaired) electrons. The van der Waals surface area contributed by atoms with E-state index in [-0.39, 0.29) is 29.7 Å². The number of carbonyl (C=O) groups is 3. The Morgan fingerprint density at radius 2 is 1.62 bits per heavy atom. The molecule has 6 nitrogen and oxygen atoms in total. The minimum atomic E-state index is -0.718. The molecule has 6 heteroatoms. The summed E-state index contributed by atoms with van der Waals surface area (Å²) in [5, 5.41) is 5.68. The average Bonchev–Trinajstić information content (AvgIpc) is 2.64. The molecule has 1 aromatic carbocycles. The third kappa shape index (κ3) is 4.69.